The Morgan fingerprint density at radius 3 is 1.80 bits per heavy atom. The van der Waals surface area contributed by atoms with Gasteiger partial charge in [-0.15, -0.1) is 0 Å². The number of morpholine rings is 1. The molecular formula is C38H45NO12. The van der Waals surface area contributed by atoms with Gasteiger partial charge in [-0.2, -0.15) is 0 Å². The highest BCUT2D eigenvalue weighted by atomic mass is 16.7. The Balaban J connectivity index is 1.28. The lowest BCUT2D eigenvalue weighted by Gasteiger charge is -2.45. The van der Waals surface area contributed by atoms with Gasteiger partial charge in [0.15, 0.2) is 29.1 Å². The highest BCUT2D eigenvalue weighted by Crippen LogP contribution is 2.67. The predicted molar refractivity (Wildman–Crippen MR) is 179 cm³/mol. The number of fused-ring (bicyclic) bond motifs is 7. The van der Waals surface area contributed by atoms with Crippen LogP contribution in [0.2, 0.25) is 0 Å². The van der Waals surface area contributed by atoms with Gasteiger partial charge in [0.2, 0.25) is 11.2 Å². The number of carbonyl (C=O) groups excluding carboxylic acids is 4. The maximum Gasteiger partial charge on any atom is 0.351 e. The fourth-order valence-corrected chi connectivity index (χ4v) is 9.51. The average molecular weight is 708 g/mol. The Morgan fingerprint density at radius 1 is 0.745 bits per heavy atom. The van der Waals surface area contributed by atoms with E-state index in [9.17, 15) is 24.0 Å². The normalized spacial score (nSPS) is 36.7. The molecule has 5 fully saturated rings. The SMILES string of the molecule is CC1(C)Oc2ccc3c(=O)cc(N4CCOCC4)oc3c2[C@@H](OC(=O)[C@@]23CC[C@@](C)(C(=O)O2)C3(C)C)[C@H]1OC(=O)[C@@]12CC[C@@](C)(C(=O)O1)C2(C)C. The van der Waals surface area contributed by atoms with Crippen molar-refractivity contribution in [2.45, 2.75) is 110 Å². The summed E-state index contributed by atoms with van der Waals surface area (Å²) in [6, 6.07) is 4.61. The summed E-state index contributed by atoms with van der Waals surface area (Å²) >= 11 is 0. The van der Waals surface area contributed by atoms with Gasteiger partial charge in [0.05, 0.1) is 35.0 Å². The number of anilines is 1. The lowest BCUT2D eigenvalue weighted by molar-refractivity contribution is -0.217. The fraction of sp³-hybridized carbons (Fsp3) is 0.658. The molecule has 2 aromatic rings. The summed E-state index contributed by atoms with van der Waals surface area (Å²) in [5.41, 5.74) is -8.22. The zero-order chi connectivity index (χ0) is 36.7. The van der Waals surface area contributed by atoms with E-state index in [1.54, 1.807) is 39.8 Å². The molecule has 51 heavy (non-hydrogen) atoms. The van der Waals surface area contributed by atoms with E-state index in [1.807, 2.05) is 32.6 Å². The van der Waals surface area contributed by atoms with E-state index in [0.29, 0.717) is 45.0 Å². The first-order chi connectivity index (χ1) is 23.8. The molecule has 2 aliphatic carbocycles. The van der Waals surface area contributed by atoms with Crippen molar-refractivity contribution in [1.82, 2.24) is 0 Å². The minimum absolute atomic E-state index is 0.103. The third-order valence-electron chi connectivity index (χ3n) is 14.1. The minimum atomic E-state index is -1.62. The molecule has 274 valence electrons. The van der Waals surface area contributed by atoms with Gasteiger partial charge in [0.25, 0.3) is 0 Å². The number of carbonyl (C=O) groups is 4. The Kier molecular flexibility index (Phi) is 6.84. The maximum atomic E-state index is 14.7. The Hall–Kier alpha value is -4.13. The van der Waals surface area contributed by atoms with Crippen LogP contribution in [-0.4, -0.2) is 73.1 Å². The van der Waals surface area contributed by atoms with E-state index in [1.165, 1.54) is 6.07 Å². The Bertz CT molecular complexity index is 1970. The van der Waals surface area contributed by atoms with E-state index >= 15 is 0 Å². The summed E-state index contributed by atoms with van der Waals surface area (Å²) in [6.45, 7) is 16.2. The van der Waals surface area contributed by atoms with Crippen LogP contribution in [0.15, 0.2) is 27.4 Å². The summed E-state index contributed by atoms with van der Waals surface area (Å²) in [7, 11) is 0. The molecule has 8 rings (SSSR count). The van der Waals surface area contributed by atoms with Gasteiger partial charge in [0, 0.05) is 30.0 Å². The predicted octanol–water partition coefficient (Wildman–Crippen LogP) is 4.54. The number of hydrogen-bond acceptors (Lipinski definition) is 13. The van der Waals surface area contributed by atoms with Crippen molar-refractivity contribution < 1.29 is 52.0 Å². The van der Waals surface area contributed by atoms with E-state index in [4.69, 9.17) is 32.8 Å². The molecule has 0 spiro atoms. The van der Waals surface area contributed by atoms with Crippen molar-refractivity contribution in [2.24, 2.45) is 21.7 Å². The van der Waals surface area contributed by atoms with Crippen LogP contribution in [0.1, 0.15) is 92.7 Å². The molecule has 0 radical (unpaired) electrons. The molecule has 4 aliphatic heterocycles. The highest BCUT2D eigenvalue weighted by molar-refractivity contribution is 5.95. The van der Waals surface area contributed by atoms with E-state index < -0.39 is 74.5 Å². The summed E-state index contributed by atoms with van der Waals surface area (Å²) < 4.78 is 43.2. The monoisotopic (exact) mass is 707 g/mol. The van der Waals surface area contributed by atoms with E-state index in [2.05, 4.69) is 0 Å². The van der Waals surface area contributed by atoms with Crippen LogP contribution in [0.25, 0.3) is 11.0 Å². The molecule has 4 bridgehead atoms. The number of ether oxygens (including phenoxy) is 6. The smallest absolute Gasteiger partial charge is 0.351 e. The van der Waals surface area contributed by atoms with Gasteiger partial charge in [-0.05, 0) is 65.5 Å². The second kappa shape index (κ2) is 10.3. The van der Waals surface area contributed by atoms with Gasteiger partial charge < -0.3 is 37.7 Å². The van der Waals surface area contributed by atoms with Crippen molar-refractivity contribution in [2.75, 3.05) is 31.2 Å². The summed E-state index contributed by atoms with van der Waals surface area (Å²) in [5.74, 6) is -1.99. The minimum Gasteiger partial charge on any atom is -0.483 e. The lowest BCUT2D eigenvalue weighted by atomic mass is 9.66. The van der Waals surface area contributed by atoms with Crippen LogP contribution in [-0.2, 0) is 42.9 Å². The highest BCUT2D eigenvalue weighted by Gasteiger charge is 2.78. The van der Waals surface area contributed by atoms with Gasteiger partial charge in [-0.25, -0.2) is 9.59 Å². The molecule has 0 amide bonds. The summed E-state index contributed by atoms with van der Waals surface area (Å²) in [4.78, 5) is 71.1. The number of nitrogens with zero attached hydrogens (tertiary/aromatic N) is 1. The van der Waals surface area contributed by atoms with Crippen LogP contribution in [0.5, 0.6) is 5.75 Å². The standard InChI is InChI=1S/C38H45NO12/c1-32(2)27(48-31(44)38-14-12-36(8,29(42)51-38)34(38,5)6)26(47-30(43)37-13-11-35(7,28(41)50-37)33(37,3)4)24-22(49-32)10-9-20-21(40)19-23(46-25(20)24)39-15-17-45-18-16-39/h9-10,19,26-27H,11-18H2,1-8H3/t26-,27-,35+,36+,37-,38-/m1/s1. The van der Waals surface area contributed by atoms with Crippen molar-refractivity contribution in [3.8, 4) is 5.75 Å². The summed E-state index contributed by atoms with van der Waals surface area (Å²) in [6.07, 6.45) is -1.38. The van der Waals surface area contributed by atoms with Crippen molar-refractivity contribution >= 4 is 40.7 Å². The lowest BCUT2D eigenvalue weighted by Crippen LogP contribution is -2.57. The van der Waals surface area contributed by atoms with Gasteiger partial charge in [-0.3, -0.25) is 14.4 Å². The summed E-state index contributed by atoms with van der Waals surface area (Å²) in [5, 5.41) is 0.204. The van der Waals surface area contributed by atoms with Gasteiger partial charge in [-0.1, -0.05) is 27.7 Å². The second-order valence-electron chi connectivity index (χ2n) is 17.1. The third-order valence-corrected chi connectivity index (χ3v) is 14.1. The van der Waals surface area contributed by atoms with Crippen LogP contribution in [0.3, 0.4) is 0 Å². The molecule has 6 atom stereocenters. The van der Waals surface area contributed by atoms with Crippen LogP contribution in [0.4, 0.5) is 5.88 Å². The number of benzene rings is 1. The first kappa shape index (κ1) is 34.0. The van der Waals surface area contributed by atoms with Crippen LogP contribution < -0.4 is 15.1 Å². The zero-order valence-electron chi connectivity index (χ0n) is 30.4. The quantitative estimate of drug-likeness (QED) is 0.316. The second-order valence-corrected chi connectivity index (χ2v) is 17.1. The molecule has 1 aromatic carbocycles. The largest absolute Gasteiger partial charge is 0.483 e. The molecule has 13 nitrogen and oxygen atoms in total. The van der Waals surface area contributed by atoms with Crippen LogP contribution in [0, 0.1) is 21.7 Å². The molecule has 13 heteroatoms. The fourth-order valence-electron chi connectivity index (χ4n) is 9.51. The maximum absolute atomic E-state index is 14.7. The molecule has 1 aromatic heterocycles. The Labute approximate surface area is 295 Å². The van der Waals surface area contributed by atoms with Crippen molar-refractivity contribution in [3.05, 3.63) is 34.0 Å². The van der Waals surface area contributed by atoms with Gasteiger partial charge in [0.1, 0.15) is 11.4 Å². The number of esters is 4. The first-order valence-electron chi connectivity index (χ1n) is 17.8. The topological polar surface area (TPSA) is 157 Å². The molecule has 5 heterocycles. The van der Waals surface area contributed by atoms with E-state index in [0.717, 1.165) is 0 Å². The average Bonchev–Trinajstić information content (AvgIpc) is 3.54. The van der Waals surface area contributed by atoms with Crippen LogP contribution >= 0.6 is 0 Å². The zero-order valence-corrected chi connectivity index (χ0v) is 30.4. The van der Waals surface area contributed by atoms with Gasteiger partial charge >= 0.3 is 23.9 Å². The van der Waals surface area contributed by atoms with Crippen molar-refractivity contribution in [1.29, 1.82) is 0 Å². The van der Waals surface area contributed by atoms with E-state index in [-0.39, 0.29) is 40.6 Å². The molecule has 6 aliphatic rings. The Morgan fingerprint density at radius 2 is 1.29 bits per heavy atom. The number of hydrogen-bond donors (Lipinski definition) is 0. The van der Waals surface area contributed by atoms with Crippen molar-refractivity contribution in [3.63, 3.8) is 0 Å². The molecule has 0 unspecified atom stereocenters. The molecule has 2 saturated carbocycles. The molecule has 3 saturated heterocycles. The first-order valence-corrected chi connectivity index (χ1v) is 17.8. The third kappa shape index (κ3) is 4.04. The number of rotatable bonds is 5. The molecule has 0 N–H and O–H groups in total. The molecular weight excluding hydrogens is 662 g/mol.